The van der Waals surface area contributed by atoms with Crippen molar-refractivity contribution in [1.82, 2.24) is 10.2 Å². The number of anilines is 2. The number of benzene rings is 3. The monoisotopic (exact) mass is 486 g/mol. The summed E-state index contributed by atoms with van der Waals surface area (Å²) in [5.41, 5.74) is 6.25. The third-order valence-corrected chi connectivity index (χ3v) is 5.93. The lowest BCUT2D eigenvalue weighted by molar-refractivity contribution is -0.125. The SMILES string of the molecule is Cc1cccc(C)c1NC(=O)CN(CC(=O)NCc1ccccc1)CC(=O)Nc1c(C)cccc1C. The van der Waals surface area contributed by atoms with Gasteiger partial charge in [0, 0.05) is 17.9 Å². The predicted molar refractivity (Wildman–Crippen MR) is 144 cm³/mol. The van der Waals surface area contributed by atoms with Gasteiger partial charge in [-0.1, -0.05) is 66.7 Å². The van der Waals surface area contributed by atoms with Gasteiger partial charge in [0.25, 0.3) is 0 Å². The molecule has 0 aliphatic heterocycles. The molecule has 3 rings (SSSR count). The van der Waals surface area contributed by atoms with E-state index in [2.05, 4.69) is 16.0 Å². The first-order valence-electron chi connectivity index (χ1n) is 12.0. The first kappa shape index (κ1) is 26.6. The first-order valence-corrected chi connectivity index (χ1v) is 12.0. The number of rotatable bonds is 10. The Balaban J connectivity index is 1.68. The van der Waals surface area contributed by atoms with Crippen molar-refractivity contribution in [3.8, 4) is 0 Å². The van der Waals surface area contributed by atoms with Crippen molar-refractivity contribution in [3.63, 3.8) is 0 Å². The Hall–Kier alpha value is -3.97. The van der Waals surface area contributed by atoms with Gasteiger partial charge in [-0.3, -0.25) is 19.3 Å². The molecule has 0 unspecified atom stereocenters. The molecule has 0 radical (unpaired) electrons. The van der Waals surface area contributed by atoms with Crippen LogP contribution in [0.25, 0.3) is 0 Å². The summed E-state index contributed by atoms with van der Waals surface area (Å²) >= 11 is 0. The van der Waals surface area contributed by atoms with Gasteiger partial charge < -0.3 is 16.0 Å². The van der Waals surface area contributed by atoms with Gasteiger partial charge in [0.15, 0.2) is 0 Å². The van der Waals surface area contributed by atoms with E-state index in [0.29, 0.717) is 6.54 Å². The van der Waals surface area contributed by atoms with Crippen molar-refractivity contribution in [2.75, 3.05) is 30.3 Å². The summed E-state index contributed by atoms with van der Waals surface area (Å²) in [6.45, 7) is 7.78. The fourth-order valence-electron chi connectivity index (χ4n) is 4.01. The van der Waals surface area contributed by atoms with Gasteiger partial charge in [-0.2, -0.15) is 0 Å². The molecular weight excluding hydrogens is 452 g/mol. The molecular formula is C29H34N4O3. The molecule has 7 nitrogen and oxygen atoms in total. The van der Waals surface area contributed by atoms with E-state index in [0.717, 1.165) is 39.2 Å². The van der Waals surface area contributed by atoms with Crippen LogP contribution in [0.1, 0.15) is 27.8 Å². The fraction of sp³-hybridized carbons (Fsp3) is 0.276. The molecule has 0 aliphatic rings. The number of carbonyl (C=O) groups excluding carboxylic acids is 3. The first-order chi connectivity index (χ1) is 17.2. The van der Waals surface area contributed by atoms with Gasteiger partial charge in [0.1, 0.15) is 0 Å². The third-order valence-electron chi connectivity index (χ3n) is 5.93. The van der Waals surface area contributed by atoms with E-state index in [1.165, 1.54) is 0 Å². The summed E-state index contributed by atoms with van der Waals surface area (Å²) in [6, 6.07) is 21.1. The van der Waals surface area contributed by atoms with E-state index in [1.54, 1.807) is 4.90 Å². The fourth-order valence-corrected chi connectivity index (χ4v) is 4.01. The minimum absolute atomic E-state index is 0.0901. The molecule has 0 atom stereocenters. The summed E-state index contributed by atoms with van der Waals surface area (Å²) < 4.78 is 0. The minimum atomic E-state index is -0.289. The predicted octanol–water partition coefficient (Wildman–Crippen LogP) is 4.12. The van der Waals surface area contributed by atoms with Crippen molar-refractivity contribution >= 4 is 29.1 Å². The number of amides is 3. The Morgan fingerprint density at radius 2 is 1.00 bits per heavy atom. The Morgan fingerprint density at radius 1 is 0.583 bits per heavy atom. The van der Waals surface area contributed by atoms with Crippen LogP contribution in [0.4, 0.5) is 11.4 Å². The number of hydrogen-bond acceptors (Lipinski definition) is 4. The van der Waals surface area contributed by atoms with E-state index < -0.39 is 0 Å². The van der Waals surface area contributed by atoms with Crippen molar-refractivity contribution < 1.29 is 14.4 Å². The zero-order valence-corrected chi connectivity index (χ0v) is 21.4. The average Bonchev–Trinajstić information content (AvgIpc) is 2.83. The van der Waals surface area contributed by atoms with Crippen LogP contribution in [0.3, 0.4) is 0 Å². The van der Waals surface area contributed by atoms with E-state index in [9.17, 15) is 14.4 Å². The summed E-state index contributed by atoms with van der Waals surface area (Å²) in [5.74, 6) is -0.843. The Bertz CT molecular complexity index is 1120. The van der Waals surface area contributed by atoms with Crippen LogP contribution in [0.15, 0.2) is 66.7 Å². The van der Waals surface area contributed by atoms with Crippen LogP contribution in [-0.2, 0) is 20.9 Å². The molecule has 3 amide bonds. The van der Waals surface area contributed by atoms with Gasteiger partial charge in [-0.05, 0) is 55.5 Å². The van der Waals surface area contributed by atoms with Crippen LogP contribution in [0.2, 0.25) is 0 Å². The van der Waals surface area contributed by atoms with Crippen molar-refractivity contribution in [3.05, 3.63) is 94.5 Å². The quantitative estimate of drug-likeness (QED) is 0.402. The van der Waals surface area contributed by atoms with Gasteiger partial charge in [0.05, 0.1) is 19.6 Å². The largest absolute Gasteiger partial charge is 0.351 e. The van der Waals surface area contributed by atoms with Crippen LogP contribution in [-0.4, -0.2) is 42.3 Å². The molecule has 3 N–H and O–H groups in total. The maximum atomic E-state index is 12.9. The van der Waals surface area contributed by atoms with Crippen LogP contribution in [0, 0.1) is 27.7 Å². The number of nitrogens with zero attached hydrogens (tertiary/aromatic N) is 1. The highest BCUT2D eigenvalue weighted by molar-refractivity contribution is 5.96. The van der Waals surface area contributed by atoms with Crippen LogP contribution in [0.5, 0.6) is 0 Å². The number of hydrogen-bond donors (Lipinski definition) is 3. The lowest BCUT2D eigenvalue weighted by Gasteiger charge is -2.22. The zero-order valence-electron chi connectivity index (χ0n) is 21.4. The lowest BCUT2D eigenvalue weighted by Crippen LogP contribution is -2.44. The van der Waals surface area contributed by atoms with Crippen molar-refractivity contribution in [2.24, 2.45) is 0 Å². The second-order valence-electron chi connectivity index (χ2n) is 9.04. The second kappa shape index (κ2) is 12.7. The summed E-state index contributed by atoms with van der Waals surface area (Å²) in [7, 11) is 0. The molecule has 3 aromatic carbocycles. The number of aryl methyl sites for hydroxylation is 4. The van der Waals surface area contributed by atoms with Crippen LogP contribution < -0.4 is 16.0 Å². The molecule has 0 aliphatic carbocycles. The van der Waals surface area contributed by atoms with Gasteiger partial charge in [-0.15, -0.1) is 0 Å². The van der Waals surface area contributed by atoms with Crippen molar-refractivity contribution in [2.45, 2.75) is 34.2 Å². The summed E-state index contributed by atoms with van der Waals surface area (Å²) in [4.78, 5) is 40.1. The van der Waals surface area contributed by atoms with Gasteiger partial charge in [-0.25, -0.2) is 0 Å². The van der Waals surface area contributed by atoms with Crippen LogP contribution >= 0.6 is 0 Å². The third kappa shape index (κ3) is 7.78. The number of nitrogens with one attached hydrogen (secondary N) is 3. The Kier molecular flexibility index (Phi) is 9.36. The highest BCUT2D eigenvalue weighted by atomic mass is 16.2. The molecule has 188 valence electrons. The molecule has 0 aromatic heterocycles. The number of para-hydroxylation sites is 2. The molecule has 0 bridgehead atoms. The zero-order chi connectivity index (χ0) is 26.1. The van der Waals surface area contributed by atoms with Crippen molar-refractivity contribution in [1.29, 1.82) is 0 Å². The van der Waals surface area contributed by atoms with Gasteiger partial charge >= 0.3 is 0 Å². The van der Waals surface area contributed by atoms with E-state index >= 15 is 0 Å². The highest BCUT2D eigenvalue weighted by Gasteiger charge is 2.19. The smallest absolute Gasteiger partial charge is 0.238 e. The second-order valence-corrected chi connectivity index (χ2v) is 9.04. The normalized spacial score (nSPS) is 10.7. The lowest BCUT2D eigenvalue weighted by atomic mass is 10.1. The van der Waals surface area contributed by atoms with E-state index in [4.69, 9.17) is 0 Å². The maximum Gasteiger partial charge on any atom is 0.238 e. The van der Waals surface area contributed by atoms with E-state index in [-0.39, 0.29) is 37.4 Å². The molecule has 0 saturated heterocycles. The standard InChI is InChI=1S/C29H34N4O3/c1-20-10-8-11-21(2)28(20)31-26(35)18-33(17-25(34)30-16-24-14-6-5-7-15-24)19-27(36)32-29-22(3)12-9-13-23(29)4/h5-15H,16-19H2,1-4H3,(H,30,34)(H,31,35)(H,32,36). The summed E-state index contributed by atoms with van der Waals surface area (Å²) in [6.07, 6.45) is 0. The average molecular weight is 487 g/mol. The molecule has 0 spiro atoms. The van der Waals surface area contributed by atoms with E-state index in [1.807, 2.05) is 94.4 Å². The molecule has 0 fully saturated rings. The Morgan fingerprint density at radius 3 is 1.44 bits per heavy atom. The minimum Gasteiger partial charge on any atom is -0.351 e. The number of carbonyl (C=O) groups is 3. The molecule has 0 saturated carbocycles. The van der Waals surface area contributed by atoms with Gasteiger partial charge in [0.2, 0.25) is 17.7 Å². The summed E-state index contributed by atoms with van der Waals surface area (Å²) in [5, 5.41) is 8.74. The topological polar surface area (TPSA) is 90.5 Å². The Labute approximate surface area is 212 Å². The maximum absolute atomic E-state index is 12.9. The highest BCUT2D eigenvalue weighted by Crippen LogP contribution is 2.20. The molecule has 3 aromatic rings. The molecule has 7 heteroatoms. The molecule has 36 heavy (non-hydrogen) atoms. The molecule has 0 heterocycles.